The van der Waals surface area contributed by atoms with E-state index in [-0.39, 0.29) is 5.56 Å². The summed E-state index contributed by atoms with van der Waals surface area (Å²) in [6, 6.07) is 1.68. The Kier molecular flexibility index (Phi) is 7.30. The second-order valence-electron chi connectivity index (χ2n) is 5.46. The molecule has 0 aliphatic carbocycles. The van der Waals surface area contributed by atoms with E-state index < -0.39 is 0 Å². The molecule has 114 valence electrons. The maximum Gasteiger partial charge on any atom is 0.268 e. The smallest absolute Gasteiger partial charge is 0.268 e. The van der Waals surface area contributed by atoms with Crippen molar-refractivity contribution < 1.29 is 0 Å². The second kappa shape index (κ2) is 8.74. The Balaban J connectivity index is 2.61. The van der Waals surface area contributed by atoms with Crippen LogP contribution in [0.5, 0.6) is 0 Å². The van der Waals surface area contributed by atoms with Crippen LogP contribution in [0.1, 0.15) is 33.6 Å². The topological polar surface area (TPSA) is 50.2 Å². The normalized spacial score (nSPS) is 12.4. The fourth-order valence-electron chi connectivity index (χ4n) is 2.12. The molecule has 1 unspecified atom stereocenters. The van der Waals surface area contributed by atoms with Crippen LogP contribution in [0, 0.1) is 5.92 Å². The lowest BCUT2D eigenvalue weighted by Crippen LogP contribution is -2.31. The van der Waals surface area contributed by atoms with Crippen LogP contribution in [0.4, 0.5) is 5.69 Å². The summed E-state index contributed by atoms with van der Waals surface area (Å²) in [5.41, 5.74) is 0.873. The lowest BCUT2D eigenvalue weighted by atomic mass is 10.2. The van der Waals surface area contributed by atoms with Gasteiger partial charge in [-0.1, -0.05) is 20.8 Å². The van der Waals surface area contributed by atoms with Gasteiger partial charge in [0.15, 0.2) is 0 Å². The van der Waals surface area contributed by atoms with Gasteiger partial charge in [-0.15, -0.1) is 0 Å². The first-order valence-corrected chi connectivity index (χ1v) is 7.57. The van der Waals surface area contributed by atoms with E-state index in [1.807, 2.05) is 7.05 Å². The minimum Gasteiger partial charge on any atom is -0.373 e. The van der Waals surface area contributed by atoms with Gasteiger partial charge in [-0.25, -0.2) is 4.68 Å². The van der Waals surface area contributed by atoms with E-state index in [0.29, 0.717) is 12.5 Å². The van der Waals surface area contributed by atoms with Gasteiger partial charge in [-0.2, -0.15) is 5.10 Å². The lowest BCUT2D eigenvalue weighted by molar-refractivity contribution is 0.410. The quantitative estimate of drug-likeness (QED) is 0.700. The number of hydrogen-bond donors (Lipinski definition) is 1. The number of nitrogens with one attached hydrogen (secondary N) is 1. The molecule has 0 aliphatic heterocycles. The third-order valence-electron chi connectivity index (χ3n) is 3.26. The zero-order valence-corrected chi connectivity index (χ0v) is 13.2. The Bertz CT molecular complexity index is 444. The third kappa shape index (κ3) is 5.33. The molecular weight excluding hydrogens is 252 g/mol. The molecule has 20 heavy (non-hydrogen) atoms. The summed E-state index contributed by atoms with van der Waals surface area (Å²) in [5, 5.41) is 7.65. The summed E-state index contributed by atoms with van der Waals surface area (Å²) < 4.78 is 1.56. The highest BCUT2D eigenvalue weighted by Crippen LogP contribution is 2.07. The minimum atomic E-state index is -0.0206. The van der Waals surface area contributed by atoms with E-state index in [0.717, 1.165) is 38.2 Å². The Morgan fingerprint density at radius 2 is 2.15 bits per heavy atom. The van der Waals surface area contributed by atoms with Crippen LogP contribution in [0.25, 0.3) is 0 Å². The van der Waals surface area contributed by atoms with Crippen molar-refractivity contribution in [3.63, 3.8) is 0 Å². The molecule has 0 aromatic carbocycles. The molecule has 0 aliphatic rings. The van der Waals surface area contributed by atoms with E-state index >= 15 is 0 Å². The molecule has 5 heteroatoms. The van der Waals surface area contributed by atoms with Gasteiger partial charge in [0.25, 0.3) is 5.56 Å². The average Bonchev–Trinajstić information content (AvgIpc) is 2.41. The second-order valence-corrected chi connectivity index (χ2v) is 5.46. The van der Waals surface area contributed by atoms with Crippen molar-refractivity contribution in [3.8, 4) is 0 Å². The molecule has 1 atom stereocenters. The summed E-state index contributed by atoms with van der Waals surface area (Å²) in [7, 11) is 1.99. The number of anilines is 1. The van der Waals surface area contributed by atoms with Crippen LogP contribution in [-0.4, -0.2) is 36.5 Å². The molecule has 0 amide bonds. The maximum absolute atomic E-state index is 12.1. The van der Waals surface area contributed by atoms with Crippen LogP contribution in [0.2, 0.25) is 0 Å². The van der Waals surface area contributed by atoms with E-state index in [2.05, 4.69) is 36.1 Å². The molecule has 0 fully saturated rings. The van der Waals surface area contributed by atoms with Gasteiger partial charge in [0.2, 0.25) is 0 Å². The first-order valence-electron chi connectivity index (χ1n) is 7.57. The minimum absolute atomic E-state index is 0.0206. The highest BCUT2D eigenvalue weighted by atomic mass is 16.1. The van der Waals surface area contributed by atoms with E-state index in [1.54, 1.807) is 16.9 Å². The SMILES string of the molecule is CCCNCC(C)Cn1ncc(N(C)CCC)cc1=O. The van der Waals surface area contributed by atoms with Crippen LogP contribution >= 0.6 is 0 Å². The molecule has 1 aromatic rings. The molecule has 0 spiro atoms. The average molecular weight is 280 g/mol. The van der Waals surface area contributed by atoms with Gasteiger partial charge >= 0.3 is 0 Å². The van der Waals surface area contributed by atoms with Crippen molar-refractivity contribution in [3.05, 3.63) is 22.6 Å². The summed E-state index contributed by atoms with van der Waals surface area (Å²) in [4.78, 5) is 14.1. The Labute approximate surface area is 122 Å². The fraction of sp³-hybridized carbons (Fsp3) is 0.733. The largest absolute Gasteiger partial charge is 0.373 e. The van der Waals surface area contributed by atoms with Gasteiger partial charge in [-0.3, -0.25) is 4.79 Å². The number of rotatable bonds is 9. The Morgan fingerprint density at radius 3 is 2.75 bits per heavy atom. The van der Waals surface area contributed by atoms with Crippen LogP contribution < -0.4 is 15.8 Å². The highest BCUT2D eigenvalue weighted by Gasteiger charge is 2.07. The molecule has 0 saturated carbocycles. The summed E-state index contributed by atoms with van der Waals surface area (Å²) >= 11 is 0. The molecular formula is C15H28N4O. The Morgan fingerprint density at radius 1 is 1.40 bits per heavy atom. The highest BCUT2D eigenvalue weighted by molar-refractivity contribution is 5.41. The number of hydrogen-bond acceptors (Lipinski definition) is 4. The molecule has 5 nitrogen and oxygen atoms in total. The van der Waals surface area contributed by atoms with Gasteiger partial charge in [0, 0.05) is 26.2 Å². The molecule has 1 heterocycles. The summed E-state index contributed by atoms with van der Waals surface area (Å²) in [6.45, 7) is 9.93. The standard InChI is InChI=1S/C15H28N4O/c1-5-7-16-10-13(3)12-19-15(20)9-14(11-17-19)18(4)8-6-2/h9,11,13,16H,5-8,10,12H2,1-4H3. The Hall–Kier alpha value is -1.36. The van der Waals surface area contributed by atoms with Crippen LogP contribution in [0.15, 0.2) is 17.1 Å². The zero-order valence-electron chi connectivity index (χ0n) is 13.2. The molecule has 0 bridgehead atoms. The van der Waals surface area contributed by atoms with Crippen LogP contribution in [-0.2, 0) is 6.54 Å². The zero-order chi connectivity index (χ0) is 15.0. The van der Waals surface area contributed by atoms with E-state index in [4.69, 9.17) is 0 Å². The molecule has 1 N–H and O–H groups in total. The molecule has 0 radical (unpaired) electrons. The van der Waals surface area contributed by atoms with Crippen molar-refractivity contribution in [2.45, 2.75) is 40.2 Å². The summed E-state index contributed by atoms with van der Waals surface area (Å²) in [6.07, 6.45) is 3.96. The summed E-state index contributed by atoms with van der Waals surface area (Å²) in [5.74, 6) is 0.394. The van der Waals surface area contributed by atoms with Gasteiger partial charge in [0.1, 0.15) is 0 Å². The molecule has 1 aromatic heterocycles. The van der Waals surface area contributed by atoms with Crippen molar-refractivity contribution in [1.82, 2.24) is 15.1 Å². The third-order valence-corrected chi connectivity index (χ3v) is 3.26. The number of nitrogens with zero attached hydrogens (tertiary/aromatic N) is 3. The predicted octanol–water partition coefficient (Wildman–Crippen LogP) is 1.73. The predicted molar refractivity (Wildman–Crippen MR) is 84.4 cm³/mol. The van der Waals surface area contributed by atoms with Gasteiger partial charge in [-0.05, 0) is 31.8 Å². The lowest BCUT2D eigenvalue weighted by Gasteiger charge is -2.18. The van der Waals surface area contributed by atoms with E-state index in [1.165, 1.54) is 0 Å². The van der Waals surface area contributed by atoms with Gasteiger partial charge in [0.05, 0.1) is 11.9 Å². The number of aromatic nitrogens is 2. The van der Waals surface area contributed by atoms with E-state index in [9.17, 15) is 4.79 Å². The maximum atomic E-state index is 12.1. The first-order chi connectivity index (χ1) is 9.58. The fourth-order valence-corrected chi connectivity index (χ4v) is 2.12. The monoisotopic (exact) mass is 280 g/mol. The first kappa shape index (κ1) is 16.7. The van der Waals surface area contributed by atoms with Crippen LogP contribution in [0.3, 0.4) is 0 Å². The molecule has 1 rings (SSSR count). The van der Waals surface area contributed by atoms with Crippen molar-refractivity contribution >= 4 is 5.69 Å². The molecule has 0 saturated heterocycles. The van der Waals surface area contributed by atoms with Crippen molar-refractivity contribution in [1.29, 1.82) is 0 Å². The van der Waals surface area contributed by atoms with Crippen molar-refractivity contribution in [2.75, 3.05) is 31.6 Å². The van der Waals surface area contributed by atoms with Gasteiger partial charge < -0.3 is 10.2 Å². The van der Waals surface area contributed by atoms with Crippen molar-refractivity contribution in [2.24, 2.45) is 5.92 Å².